The van der Waals surface area contributed by atoms with Crippen LogP contribution in [0.1, 0.15) is 49.3 Å². The molecule has 3 unspecified atom stereocenters. The van der Waals surface area contributed by atoms with Gasteiger partial charge in [-0.25, -0.2) is 0 Å². The lowest BCUT2D eigenvalue weighted by Gasteiger charge is -2.59. The van der Waals surface area contributed by atoms with Crippen LogP contribution in [0.4, 0.5) is 0 Å². The molecule has 4 rings (SSSR count). The second-order valence-corrected chi connectivity index (χ2v) is 8.38. The van der Waals surface area contributed by atoms with E-state index in [0.29, 0.717) is 18.4 Å². The molecule has 1 fully saturated rings. The zero-order valence-electron chi connectivity index (χ0n) is 15.7. The van der Waals surface area contributed by atoms with E-state index in [2.05, 4.69) is 6.92 Å². The standard InChI is InChI=1S/C23H28O4/c1-2-21-14-22(26,15-24)23(27,17-6-4-3-5-7-17)13-18(21)9-8-16-12-19(25)10-11-20(16)21/h3-7,10-12,18,24-27H,2,8-9,13-15H2,1H3/t18-,21?,22?,23?/m1/s1. The number of phenolic OH excluding ortho intramolecular Hbond substituents is 1. The zero-order chi connectivity index (χ0) is 19.3. The molecule has 4 heteroatoms. The van der Waals surface area contributed by atoms with Crippen molar-refractivity contribution in [3.63, 3.8) is 0 Å². The van der Waals surface area contributed by atoms with Gasteiger partial charge in [-0.05, 0) is 66.8 Å². The molecule has 0 bridgehead atoms. The number of aliphatic hydroxyl groups excluding tert-OH is 1. The third-order valence-corrected chi connectivity index (χ3v) is 7.23. The molecule has 0 saturated heterocycles. The number of benzene rings is 2. The van der Waals surface area contributed by atoms with Crippen LogP contribution in [-0.4, -0.2) is 32.6 Å². The van der Waals surface area contributed by atoms with Gasteiger partial charge >= 0.3 is 0 Å². The van der Waals surface area contributed by atoms with E-state index in [1.807, 2.05) is 42.5 Å². The van der Waals surface area contributed by atoms with Crippen LogP contribution in [0, 0.1) is 5.92 Å². The van der Waals surface area contributed by atoms with Gasteiger partial charge in [0.1, 0.15) is 17.0 Å². The molecule has 27 heavy (non-hydrogen) atoms. The lowest BCUT2D eigenvalue weighted by molar-refractivity contribution is -0.229. The topological polar surface area (TPSA) is 80.9 Å². The third kappa shape index (κ3) is 2.54. The van der Waals surface area contributed by atoms with Crippen LogP contribution in [0.3, 0.4) is 0 Å². The predicted octanol–water partition coefficient (Wildman–Crippen LogP) is 3.01. The molecule has 1 saturated carbocycles. The molecule has 144 valence electrons. The first kappa shape index (κ1) is 18.5. The number of phenols is 1. The summed E-state index contributed by atoms with van der Waals surface area (Å²) in [5.41, 5.74) is -0.532. The molecule has 2 aromatic carbocycles. The molecule has 0 heterocycles. The Labute approximate surface area is 160 Å². The molecule has 0 spiro atoms. The molecule has 0 radical (unpaired) electrons. The summed E-state index contributed by atoms with van der Waals surface area (Å²) < 4.78 is 0. The molecule has 2 aliphatic rings. The van der Waals surface area contributed by atoms with Crippen LogP contribution in [0.15, 0.2) is 48.5 Å². The summed E-state index contributed by atoms with van der Waals surface area (Å²) in [7, 11) is 0. The minimum Gasteiger partial charge on any atom is -0.508 e. The van der Waals surface area contributed by atoms with Crippen molar-refractivity contribution in [3.05, 3.63) is 65.2 Å². The van der Waals surface area contributed by atoms with E-state index in [0.717, 1.165) is 30.4 Å². The lowest BCUT2D eigenvalue weighted by atomic mass is 9.48. The molecule has 0 amide bonds. The highest BCUT2D eigenvalue weighted by atomic mass is 16.4. The Balaban J connectivity index is 1.86. The monoisotopic (exact) mass is 368 g/mol. The summed E-state index contributed by atoms with van der Waals surface area (Å²) in [6, 6.07) is 14.7. The number of hydrogen-bond donors (Lipinski definition) is 4. The van der Waals surface area contributed by atoms with Crippen LogP contribution in [-0.2, 0) is 17.4 Å². The smallest absolute Gasteiger partial charge is 0.121 e. The van der Waals surface area contributed by atoms with Crippen molar-refractivity contribution in [2.75, 3.05) is 6.61 Å². The summed E-state index contributed by atoms with van der Waals surface area (Å²) >= 11 is 0. The molecule has 2 aliphatic carbocycles. The van der Waals surface area contributed by atoms with Crippen molar-refractivity contribution in [2.45, 2.75) is 55.6 Å². The average molecular weight is 368 g/mol. The summed E-state index contributed by atoms with van der Waals surface area (Å²) in [5, 5.41) is 43.3. The van der Waals surface area contributed by atoms with Gasteiger partial charge in [-0.15, -0.1) is 0 Å². The zero-order valence-corrected chi connectivity index (χ0v) is 15.7. The van der Waals surface area contributed by atoms with E-state index in [-0.39, 0.29) is 17.1 Å². The summed E-state index contributed by atoms with van der Waals surface area (Å²) in [6.07, 6.45) is 3.24. The van der Waals surface area contributed by atoms with Gasteiger partial charge in [0, 0.05) is 5.41 Å². The third-order valence-electron chi connectivity index (χ3n) is 7.23. The molecular formula is C23H28O4. The first-order valence-corrected chi connectivity index (χ1v) is 9.82. The van der Waals surface area contributed by atoms with E-state index >= 15 is 0 Å². The molecular weight excluding hydrogens is 340 g/mol. The van der Waals surface area contributed by atoms with Crippen LogP contribution in [0.2, 0.25) is 0 Å². The molecule has 0 aromatic heterocycles. The number of rotatable bonds is 3. The van der Waals surface area contributed by atoms with Crippen molar-refractivity contribution in [2.24, 2.45) is 5.92 Å². The number of fused-ring (bicyclic) bond motifs is 3. The van der Waals surface area contributed by atoms with E-state index < -0.39 is 17.8 Å². The van der Waals surface area contributed by atoms with Crippen molar-refractivity contribution >= 4 is 0 Å². The van der Waals surface area contributed by atoms with Crippen molar-refractivity contribution < 1.29 is 20.4 Å². The maximum absolute atomic E-state index is 11.7. The highest BCUT2D eigenvalue weighted by Gasteiger charge is 2.62. The minimum absolute atomic E-state index is 0.191. The van der Waals surface area contributed by atoms with Gasteiger partial charge in [-0.3, -0.25) is 0 Å². The quantitative estimate of drug-likeness (QED) is 0.671. The van der Waals surface area contributed by atoms with E-state index in [1.165, 1.54) is 0 Å². The second kappa shape index (κ2) is 6.33. The Morgan fingerprint density at radius 2 is 1.81 bits per heavy atom. The Morgan fingerprint density at radius 1 is 1.07 bits per heavy atom. The molecule has 4 N–H and O–H groups in total. The fourth-order valence-electron chi connectivity index (χ4n) is 5.74. The number of aliphatic hydroxyl groups is 3. The summed E-state index contributed by atoms with van der Waals surface area (Å²) in [4.78, 5) is 0. The Morgan fingerprint density at radius 3 is 2.48 bits per heavy atom. The van der Waals surface area contributed by atoms with Gasteiger partial charge in [0.05, 0.1) is 6.61 Å². The molecule has 0 aliphatic heterocycles. The second-order valence-electron chi connectivity index (χ2n) is 8.38. The van der Waals surface area contributed by atoms with Gasteiger partial charge < -0.3 is 20.4 Å². The van der Waals surface area contributed by atoms with Gasteiger partial charge in [0.2, 0.25) is 0 Å². The van der Waals surface area contributed by atoms with Crippen molar-refractivity contribution in [1.29, 1.82) is 0 Å². The SMILES string of the molecule is CCC12CC(O)(CO)C(O)(c3ccccc3)C[C@H]1CCc1cc(O)ccc12. The number of hydrogen-bond acceptors (Lipinski definition) is 4. The van der Waals surface area contributed by atoms with Gasteiger partial charge in [0.25, 0.3) is 0 Å². The largest absolute Gasteiger partial charge is 0.508 e. The average Bonchev–Trinajstić information content (AvgIpc) is 2.69. The van der Waals surface area contributed by atoms with Crippen LogP contribution in [0.5, 0.6) is 5.75 Å². The highest BCUT2D eigenvalue weighted by molar-refractivity contribution is 5.45. The predicted molar refractivity (Wildman–Crippen MR) is 103 cm³/mol. The Bertz CT molecular complexity index is 836. The van der Waals surface area contributed by atoms with E-state index in [1.54, 1.807) is 6.07 Å². The van der Waals surface area contributed by atoms with Crippen molar-refractivity contribution in [1.82, 2.24) is 0 Å². The normalized spacial score (nSPS) is 35.3. The summed E-state index contributed by atoms with van der Waals surface area (Å²) in [6.45, 7) is 1.61. The van der Waals surface area contributed by atoms with Gasteiger partial charge in [0.15, 0.2) is 0 Å². The fourth-order valence-corrected chi connectivity index (χ4v) is 5.74. The lowest BCUT2D eigenvalue weighted by Crippen LogP contribution is -2.65. The Kier molecular flexibility index (Phi) is 4.34. The molecule has 2 aromatic rings. The first-order chi connectivity index (χ1) is 12.9. The molecule has 4 nitrogen and oxygen atoms in total. The highest BCUT2D eigenvalue weighted by Crippen LogP contribution is 2.60. The molecule has 4 atom stereocenters. The van der Waals surface area contributed by atoms with E-state index in [4.69, 9.17) is 0 Å². The maximum Gasteiger partial charge on any atom is 0.121 e. The van der Waals surface area contributed by atoms with Gasteiger partial charge in [-0.1, -0.05) is 43.3 Å². The van der Waals surface area contributed by atoms with Crippen molar-refractivity contribution in [3.8, 4) is 5.75 Å². The number of aromatic hydroxyl groups is 1. The summed E-state index contributed by atoms with van der Waals surface area (Å²) in [5.74, 6) is 0.448. The van der Waals surface area contributed by atoms with Crippen LogP contribution >= 0.6 is 0 Å². The Hall–Kier alpha value is -1.88. The van der Waals surface area contributed by atoms with E-state index in [9.17, 15) is 20.4 Å². The van der Waals surface area contributed by atoms with Crippen LogP contribution in [0.25, 0.3) is 0 Å². The van der Waals surface area contributed by atoms with Gasteiger partial charge in [-0.2, -0.15) is 0 Å². The minimum atomic E-state index is -1.63. The maximum atomic E-state index is 11.7. The van der Waals surface area contributed by atoms with Crippen LogP contribution < -0.4 is 0 Å². The number of aryl methyl sites for hydroxylation is 1. The first-order valence-electron chi connectivity index (χ1n) is 9.82. The fraction of sp³-hybridized carbons (Fsp3) is 0.478.